The number of rotatable bonds is 3. The molecular weight excluding hydrogens is 248 g/mol. The average Bonchev–Trinajstić information content (AvgIpc) is 2.87. The molecule has 0 unspecified atom stereocenters. The summed E-state index contributed by atoms with van der Waals surface area (Å²) in [6, 6.07) is 5.96. The number of benzene rings is 1. The second-order valence-electron chi connectivity index (χ2n) is 4.02. The summed E-state index contributed by atoms with van der Waals surface area (Å²) in [6.45, 7) is 2.03. The van der Waals surface area contributed by atoms with Gasteiger partial charge < -0.3 is 14.8 Å². The predicted octanol–water partition coefficient (Wildman–Crippen LogP) is 2.30. The van der Waals surface area contributed by atoms with Gasteiger partial charge in [-0.3, -0.25) is 0 Å². The smallest absolute Gasteiger partial charge is 0.162 e. The van der Waals surface area contributed by atoms with Gasteiger partial charge >= 0.3 is 0 Å². The molecule has 0 amide bonds. The summed E-state index contributed by atoms with van der Waals surface area (Å²) in [6.07, 6.45) is 0. The number of hydrogen-bond donors (Lipinski definition) is 1. The number of nitrogens with zero attached hydrogens (tertiary/aromatic N) is 1. The van der Waals surface area contributed by atoms with Gasteiger partial charge in [-0.2, -0.15) is 0 Å². The molecule has 0 saturated heterocycles. The molecule has 94 valence electrons. The lowest BCUT2D eigenvalue weighted by Gasteiger charge is -2.18. The molecule has 0 atom stereocenters. The van der Waals surface area contributed by atoms with E-state index in [9.17, 15) is 0 Å². The van der Waals surface area contributed by atoms with Gasteiger partial charge in [0.15, 0.2) is 11.5 Å². The monoisotopic (exact) mass is 262 g/mol. The Kier molecular flexibility index (Phi) is 3.17. The van der Waals surface area contributed by atoms with Gasteiger partial charge in [0.1, 0.15) is 18.2 Å². The number of thiazole rings is 1. The van der Waals surface area contributed by atoms with E-state index in [0.717, 1.165) is 34.3 Å². The van der Waals surface area contributed by atoms with Crippen molar-refractivity contribution in [2.75, 3.05) is 20.3 Å². The topological polar surface area (TPSA) is 43.4 Å². The van der Waals surface area contributed by atoms with Gasteiger partial charge in [-0.25, -0.2) is 4.98 Å². The molecule has 0 bridgehead atoms. The number of fused-ring (bicyclic) bond motifs is 1. The zero-order valence-corrected chi connectivity index (χ0v) is 10.9. The molecule has 0 saturated carbocycles. The Morgan fingerprint density at radius 1 is 1.28 bits per heavy atom. The Bertz CT molecular complexity index is 554. The molecule has 18 heavy (non-hydrogen) atoms. The van der Waals surface area contributed by atoms with E-state index in [-0.39, 0.29) is 0 Å². The zero-order valence-electron chi connectivity index (χ0n) is 10.1. The van der Waals surface area contributed by atoms with Crippen LogP contribution in [0.5, 0.6) is 11.5 Å². The summed E-state index contributed by atoms with van der Waals surface area (Å²) in [4.78, 5) is 4.58. The molecular formula is C13H14N2O2S. The van der Waals surface area contributed by atoms with Gasteiger partial charge in [0.25, 0.3) is 0 Å². The molecule has 1 aliphatic rings. The molecule has 4 nitrogen and oxygen atoms in total. The van der Waals surface area contributed by atoms with E-state index in [2.05, 4.69) is 15.7 Å². The van der Waals surface area contributed by atoms with Crippen LogP contribution in [0.2, 0.25) is 0 Å². The first-order valence-corrected chi connectivity index (χ1v) is 6.74. The van der Waals surface area contributed by atoms with E-state index in [4.69, 9.17) is 9.47 Å². The van der Waals surface area contributed by atoms with Crippen LogP contribution in [0.15, 0.2) is 23.6 Å². The van der Waals surface area contributed by atoms with Crippen LogP contribution in [-0.4, -0.2) is 25.2 Å². The van der Waals surface area contributed by atoms with Crippen molar-refractivity contribution in [2.45, 2.75) is 6.54 Å². The van der Waals surface area contributed by atoms with Crippen molar-refractivity contribution in [1.29, 1.82) is 0 Å². The number of aromatic nitrogens is 1. The van der Waals surface area contributed by atoms with E-state index in [1.165, 1.54) is 0 Å². The van der Waals surface area contributed by atoms with E-state index < -0.39 is 0 Å². The van der Waals surface area contributed by atoms with E-state index in [1.807, 2.05) is 25.2 Å². The van der Waals surface area contributed by atoms with E-state index >= 15 is 0 Å². The molecule has 0 fully saturated rings. The second kappa shape index (κ2) is 4.96. The van der Waals surface area contributed by atoms with Crippen LogP contribution in [-0.2, 0) is 6.54 Å². The molecule has 1 aliphatic heterocycles. The summed E-state index contributed by atoms with van der Waals surface area (Å²) in [5.41, 5.74) is 2.06. The molecule has 1 N–H and O–H groups in total. The fourth-order valence-electron chi connectivity index (χ4n) is 1.88. The highest BCUT2D eigenvalue weighted by Crippen LogP contribution is 2.34. The van der Waals surface area contributed by atoms with Crippen molar-refractivity contribution in [1.82, 2.24) is 10.3 Å². The molecule has 1 aromatic carbocycles. The first-order valence-electron chi connectivity index (χ1n) is 5.86. The first kappa shape index (κ1) is 11.5. The van der Waals surface area contributed by atoms with Crippen LogP contribution in [0, 0.1) is 0 Å². The summed E-state index contributed by atoms with van der Waals surface area (Å²) in [5, 5.41) is 6.26. The Labute approximate surface area is 110 Å². The van der Waals surface area contributed by atoms with Crippen molar-refractivity contribution >= 4 is 11.3 Å². The maximum atomic E-state index is 5.58. The summed E-state index contributed by atoms with van der Waals surface area (Å²) in [5.74, 6) is 1.62. The van der Waals surface area contributed by atoms with Crippen LogP contribution in [0.4, 0.5) is 0 Å². The maximum Gasteiger partial charge on any atom is 0.162 e. The highest BCUT2D eigenvalue weighted by atomic mass is 32.1. The maximum absolute atomic E-state index is 5.58. The number of hydrogen-bond acceptors (Lipinski definition) is 5. The molecule has 3 rings (SSSR count). The third kappa shape index (κ3) is 2.19. The van der Waals surface area contributed by atoms with E-state index in [0.29, 0.717) is 13.2 Å². The largest absolute Gasteiger partial charge is 0.486 e. The standard InChI is InChI=1S/C13H14N2O2S/c1-14-7-13-15-10(8-18-13)9-2-3-11-12(6-9)17-5-4-16-11/h2-3,6,8,14H,4-5,7H2,1H3. The van der Waals surface area contributed by atoms with Gasteiger partial charge in [0, 0.05) is 17.5 Å². The minimum Gasteiger partial charge on any atom is -0.486 e. The van der Waals surface area contributed by atoms with Crippen LogP contribution in [0.25, 0.3) is 11.3 Å². The highest BCUT2D eigenvalue weighted by Gasteiger charge is 2.13. The summed E-state index contributed by atoms with van der Waals surface area (Å²) < 4.78 is 11.1. The molecule has 1 aromatic heterocycles. The lowest BCUT2D eigenvalue weighted by atomic mass is 10.1. The summed E-state index contributed by atoms with van der Waals surface area (Å²) >= 11 is 1.66. The molecule has 5 heteroatoms. The Hall–Kier alpha value is -1.59. The van der Waals surface area contributed by atoms with Crippen molar-refractivity contribution in [3.05, 3.63) is 28.6 Å². The number of nitrogens with one attached hydrogen (secondary N) is 1. The Morgan fingerprint density at radius 2 is 2.11 bits per heavy atom. The third-order valence-corrected chi connectivity index (χ3v) is 3.57. The minimum atomic E-state index is 0.610. The van der Waals surface area contributed by atoms with Crippen molar-refractivity contribution < 1.29 is 9.47 Å². The van der Waals surface area contributed by atoms with Crippen molar-refractivity contribution in [3.8, 4) is 22.8 Å². The van der Waals surface area contributed by atoms with Crippen molar-refractivity contribution in [3.63, 3.8) is 0 Å². The van der Waals surface area contributed by atoms with Gasteiger partial charge in [0.2, 0.25) is 0 Å². The van der Waals surface area contributed by atoms with Crippen LogP contribution in [0.1, 0.15) is 5.01 Å². The van der Waals surface area contributed by atoms with E-state index in [1.54, 1.807) is 11.3 Å². The molecule has 0 spiro atoms. The third-order valence-electron chi connectivity index (χ3n) is 2.72. The van der Waals surface area contributed by atoms with Gasteiger partial charge in [-0.1, -0.05) is 0 Å². The predicted molar refractivity (Wildman–Crippen MR) is 71.3 cm³/mol. The normalized spacial score (nSPS) is 13.6. The van der Waals surface area contributed by atoms with Crippen LogP contribution < -0.4 is 14.8 Å². The second-order valence-corrected chi connectivity index (χ2v) is 4.96. The zero-order chi connectivity index (χ0) is 12.4. The Balaban J connectivity index is 1.91. The van der Waals surface area contributed by atoms with Gasteiger partial charge in [-0.05, 0) is 25.2 Å². The van der Waals surface area contributed by atoms with Gasteiger partial charge in [0.05, 0.1) is 5.69 Å². The first-order chi connectivity index (χ1) is 8.86. The number of ether oxygens (including phenoxy) is 2. The van der Waals surface area contributed by atoms with Gasteiger partial charge in [-0.15, -0.1) is 11.3 Å². The Morgan fingerprint density at radius 3 is 2.94 bits per heavy atom. The minimum absolute atomic E-state index is 0.610. The van der Waals surface area contributed by atoms with Crippen LogP contribution >= 0.6 is 11.3 Å². The van der Waals surface area contributed by atoms with Crippen LogP contribution in [0.3, 0.4) is 0 Å². The average molecular weight is 262 g/mol. The highest BCUT2D eigenvalue weighted by molar-refractivity contribution is 7.09. The summed E-state index contributed by atoms with van der Waals surface area (Å²) in [7, 11) is 1.92. The fourth-order valence-corrected chi connectivity index (χ4v) is 2.69. The SMILES string of the molecule is CNCc1nc(-c2ccc3c(c2)OCCO3)cs1. The fraction of sp³-hybridized carbons (Fsp3) is 0.308. The quantitative estimate of drug-likeness (QED) is 0.921. The lowest BCUT2D eigenvalue weighted by molar-refractivity contribution is 0.171. The molecule has 0 aliphatic carbocycles. The van der Waals surface area contributed by atoms with Crippen molar-refractivity contribution in [2.24, 2.45) is 0 Å². The molecule has 0 radical (unpaired) electrons. The lowest BCUT2D eigenvalue weighted by Crippen LogP contribution is -2.15. The molecule has 2 heterocycles. The molecule has 2 aromatic rings.